The van der Waals surface area contributed by atoms with Crippen LogP contribution in [0.25, 0.3) is 0 Å². The normalized spacial score (nSPS) is 23.4. The molecule has 0 aliphatic carbocycles. The van der Waals surface area contributed by atoms with E-state index in [0.29, 0.717) is 11.5 Å². The van der Waals surface area contributed by atoms with Crippen molar-refractivity contribution >= 4 is 11.7 Å². The number of anilines is 1. The fraction of sp³-hybridized carbons (Fsp3) is 0.500. The minimum Gasteiger partial charge on any atom is -0.478 e. The van der Waals surface area contributed by atoms with Crippen molar-refractivity contribution in [3.63, 3.8) is 0 Å². The van der Waals surface area contributed by atoms with E-state index in [-0.39, 0.29) is 12.6 Å². The number of carbonyl (C=O) groups is 1. The molecule has 0 bridgehead atoms. The SMILES string of the molecule is Cc1ccc(N2CCC(C)C2CO)c(C(=O)O)c1. The molecule has 2 unspecified atom stereocenters. The molecule has 1 aromatic rings. The van der Waals surface area contributed by atoms with E-state index in [4.69, 9.17) is 0 Å². The van der Waals surface area contributed by atoms with E-state index in [9.17, 15) is 15.0 Å². The molecule has 18 heavy (non-hydrogen) atoms. The van der Waals surface area contributed by atoms with Gasteiger partial charge in [0.25, 0.3) is 0 Å². The minimum absolute atomic E-state index is 0.0193. The van der Waals surface area contributed by atoms with Gasteiger partial charge in [0, 0.05) is 6.54 Å². The highest BCUT2D eigenvalue weighted by atomic mass is 16.4. The zero-order chi connectivity index (χ0) is 13.3. The van der Waals surface area contributed by atoms with Crippen molar-refractivity contribution in [2.45, 2.75) is 26.3 Å². The highest BCUT2D eigenvalue weighted by Crippen LogP contribution is 2.32. The van der Waals surface area contributed by atoms with Crippen LogP contribution in [0.4, 0.5) is 5.69 Å². The maximum absolute atomic E-state index is 11.3. The van der Waals surface area contributed by atoms with E-state index in [2.05, 4.69) is 6.92 Å². The monoisotopic (exact) mass is 249 g/mol. The first-order valence-electron chi connectivity index (χ1n) is 6.26. The second-order valence-corrected chi connectivity index (χ2v) is 5.04. The van der Waals surface area contributed by atoms with E-state index in [0.717, 1.165) is 24.2 Å². The number of aliphatic hydroxyl groups excluding tert-OH is 1. The molecule has 1 saturated heterocycles. The van der Waals surface area contributed by atoms with E-state index in [1.807, 2.05) is 24.0 Å². The number of nitrogens with zero attached hydrogens (tertiary/aromatic N) is 1. The fourth-order valence-electron chi connectivity index (χ4n) is 2.66. The summed E-state index contributed by atoms with van der Waals surface area (Å²) in [7, 11) is 0. The summed E-state index contributed by atoms with van der Waals surface area (Å²) >= 11 is 0. The summed E-state index contributed by atoms with van der Waals surface area (Å²) in [6.07, 6.45) is 0.984. The topological polar surface area (TPSA) is 60.8 Å². The molecule has 2 atom stereocenters. The van der Waals surface area contributed by atoms with Gasteiger partial charge in [-0.2, -0.15) is 0 Å². The number of aromatic carboxylic acids is 1. The number of aryl methyl sites for hydroxylation is 1. The lowest BCUT2D eigenvalue weighted by Gasteiger charge is -2.28. The zero-order valence-electron chi connectivity index (χ0n) is 10.8. The standard InChI is InChI=1S/C14H19NO3/c1-9-3-4-12(11(7-9)14(17)18)15-6-5-10(2)13(15)8-16/h3-4,7,10,13,16H,5-6,8H2,1-2H3,(H,17,18). The fourth-order valence-corrected chi connectivity index (χ4v) is 2.66. The van der Waals surface area contributed by atoms with Gasteiger partial charge in [-0.1, -0.05) is 18.6 Å². The summed E-state index contributed by atoms with van der Waals surface area (Å²) in [4.78, 5) is 13.3. The first kappa shape index (κ1) is 12.9. The van der Waals surface area contributed by atoms with E-state index in [1.165, 1.54) is 0 Å². The number of hydrogen-bond acceptors (Lipinski definition) is 3. The van der Waals surface area contributed by atoms with Crippen molar-refractivity contribution in [1.29, 1.82) is 0 Å². The Morgan fingerprint density at radius 1 is 1.50 bits per heavy atom. The van der Waals surface area contributed by atoms with Crippen LogP contribution in [0.3, 0.4) is 0 Å². The lowest BCUT2D eigenvalue weighted by atomic mass is 10.0. The number of hydrogen-bond donors (Lipinski definition) is 2. The molecule has 1 heterocycles. The van der Waals surface area contributed by atoms with Gasteiger partial charge in [-0.3, -0.25) is 0 Å². The third-order valence-electron chi connectivity index (χ3n) is 3.76. The Hall–Kier alpha value is -1.55. The molecule has 0 aromatic heterocycles. The number of benzene rings is 1. The molecule has 1 fully saturated rings. The lowest BCUT2D eigenvalue weighted by Crippen LogP contribution is -2.36. The van der Waals surface area contributed by atoms with Crippen molar-refractivity contribution in [1.82, 2.24) is 0 Å². The summed E-state index contributed by atoms with van der Waals surface area (Å²) in [5, 5.41) is 18.7. The molecule has 2 N–H and O–H groups in total. The number of aliphatic hydroxyl groups is 1. The second-order valence-electron chi connectivity index (χ2n) is 5.04. The Kier molecular flexibility index (Phi) is 3.57. The number of carboxylic acid groups (broad SMARTS) is 1. The van der Waals surface area contributed by atoms with Crippen LogP contribution in [0.15, 0.2) is 18.2 Å². The maximum Gasteiger partial charge on any atom is 0.337 e. The van der Waals surface area contributed by atoms with Gasteiger partial charge in [0.1, 0.15) is 0 Å². The van der Waals surface area contributed by atoms with Crippen LogP contribution in [0.1, 0.15) is 29.3 Å². The van der Waals surface area contributed by atoms with Crippen molar-refractivity contribution in [3.05, 3.63) is 29.3 Å². The van der Waals surface area contributed by atoms with Gasteiger partial charge in [0.2, 0.25) is 0 Å². The van der Waals surface area contributed by atoms with Crippen LogP contribution >= 0.6 is 0 Å². The van der Waals surface area contributed by atoms with Crippen molar-refractivity contribution in [3.8, 4) is 0 Å². The number of rotatable bonds is 3. The molecule has 1 aliphatic heterocycles. The zero-order valence-corrected chi connectivity index (χ0v) is 10.8. The van der Waals surface area contributed by atoms with Crippen molar-refractivity contribution < 1.29 is 15.0 Å². The molecule has 0 spiro atoms. The Balaban J connectivity index is 2.41. The molecule has 0 radical (unpaired) electrons. The van der Waals surface area contributed by atoms with Crippen LogP contribution in [0.5, 0.6) is 0 Å². The van der Waals surface area contributed by atoms with Crippen LogP contribution < -0.4 is 4.90 Å². The third kappa shape index (κ3) is 2.20. The Labute approximate surface area is 107 Å². The van der Waals surface area contributed by atoms with Crippen LogP contribution in [0.2, 0.25) is 0 Å². The largest absolute Gasteiger partial charge is 0.478 e. The average Bonchev–Trinajstić information content (AvgIpc) is 2.70. The van der Waals surface area contributed by atoms with Gasteiger partial charge in [-0.05, 0) is 31.4 Å². The van der Waals surface area contributed by atoms with Crippen LogP contribution in [-0.2, 0) is 0 Å². The predicted octanol–water partition coefficient (Wildman–Crippen LogP) is 1.90. The van der Waals surface area contributed by atoms with Gasteiger partial charge < -0.3 is 15.1 Å². The second kappa shape index (κ2) is 4.98. The molecule has 98 valence electrons. The van der Waals surface area contributed by atoms with Gasteiger partial charge in [-0.15, -0.1) is 0 Å². The van der Waals surface area contributed by atoms with Crippen molar-refractivity contribution in [2.75, 3.05) is 18.1 Å². The van der Waals surface area contributed by atoms with Gasteiger partial charge in [0.05, 0.1) is 23.9 Å². The Morgan fingerprint density at radius 3 is 2.83 bits per heavy atom. The molecule has 1 aromatic carbocycles. The Morgan fingerprint density at radius 2 is 2.22 bits per heavy atom. The highest BCUT2D eigenvalue weighted by Gasteiger charge is 2.32. The summed E-state index contributed by atoms with van der Waals surface area (Å²) < 4.78 is 0. The quantitative estimate of drug-likeness (QED) is 0.859. The molecule has 0 saturated carbocycles. The minimum atomic E-state index is -0.912. The smallest absolute Gasteiger partial charge is 0.337 e. The lowest BCUT2D eigenvalue weighted by molar-refractivity contribution is 0.0697. The number of carboxylic acids is 1. The molecule has 1 aliphatic rings. The van der Waals surface area contributed by atoms with Crippen LogP contribution in [0, 0.1) is 12.8 Å². The molecule has 4 nitrogen and oxygen atoms in total. The van der Waals surface area contributed by atoms with E-state index in [1.54, 1.807) is 6.07 Å². The summed E-state index contributed by atoms with van der Waals surface area (Å²) in [5.41, 5.74) is 1.97. The highest BCUT2D eigenvalue weighted by molar-refractivity contribution is 5.94. The van der Waals surface area contributed by atoms with E-state index >= 15 is 0 Å². The first-order valence-corrected chi connectivity index (χ1v) is 6.26. The molecule has 4 heteroatoms. The summed E-state index contributed by atoms with van der Waals surface area (Å²) in [6, 6.07) is 5.47. The van der Waals surface area contributed by atoms with Crippen molar-refractivity contribution in [2.24, 2.45) is 5.92 Å². The van der Waals surface area contributed by atoms with Gasteiger partial charge >= 0.3 is 5.97 Å². The Bertz CT molecular complexity index is 458. The maximum atomic E-state index is 11.3. The molecule has 0 amide bonds. The summed E-state index contributed by atoms with van der Waals surface area (Å²) in [6.45, 7) is 4.84. The third-order valence-corrected chi connectivity index (χ3v) is 3.76. The average molecular weight is 249 g/mol. The first-order chi connectivity index (χ1) is 8.54. The molecular formula is C14H19NO3. The molecular weight excluding hydrogens is 230 g/mol. The molecule has 2 rings (SSSR count). The predicted molar refractivity (Wildman–Crippen MR) is 70.1 cm³/mol. The van der Waals surface area contributed by atoms with Gasteiger partial charge in [-0.25, -0.2) is 4.79 Å². The van der Waals surface area contributed by atoms with E-state index < -0.39 is 5.97 Å². The summed E-state index contributed by atoms with van der Waals surface area (Å²) in [5.74, 6) is -0.525. The van der Waals surface area contributed by atoms with Crippen LogP contribution in [-0.4, -0.2) is 35.4 Å². The van der Waals surface area contributed by atoms with Gasteiger partial charge in [0.15, 0.2) is 0 Å².